The average molecular weight is 278 g/mol. The molecule has 0 atom stereocenters. The largest absolute Gasteiger partial charge is 0.423 e. The quantitative estimate of drug-likeness (QED) is 0.634. The summed E-state index contributed by atoms with van der Waals surface area (Å²) in [5.74, 6) is -0.468. The van der Waals surface area contributed by atoms with Gasteiger partial charge in [-0.3, -0.25) is 14.9 Å². The Morgan fingerprint density at radius 1 is 1.55 bits per heavy atom. The second-order valence-corrected chi connectivity index (χ2v) is 5.05. The number of aromatic nitrogens is 1. The lowest BCUT2D eigenvalue weighted by Gasteiger charge is -2.23. The molecular weight excluding hydrogens is 264 g/mol. The third kappa shape index (κ3) is 2.85. The molecular formula is C12H14N4O4. The van der Waals surface area contributed by atoms with E-state index in [0.29, 0.717) is 5.58 Å². The van der Waals surface area contributed by atoms with Crippen LogP contribution in [0, 0.1) is 10.1 Å². The maximum Gasteiger partial charge on any atom is 0.298 e. The van der Waals surface area contributed by atoms with E-state index in [9.17, 15) is 14.9 Å². The van der Waals surface area contributed by atoms with Gasteiger partial charge in [-0.1, -0.05) is 6.07 Å². The molecule has 2 rings (SSSR count). The number of nitrogens with one attached hydrogen (secondary N) is 1. The average Bonchev–Trinajstić information content (AvgIpc) is 2.66. The smallest absolute Gasteiger partial charge is 0.298 e. The molecule has 1 aromatic carbocycles. The fraction of sp³-hybridized carbons (Fsp3) is 0.333. The lowest BCUT2D eigenvalue weighted by molar-refractivity contribution is -0.383. The summed E-state index contributed by atoms with van der Waals surface area (Å²) in [5, 5.41) is 13.8. The van der Waals surface area contributed by atoms with Gasteiger partial charge in [0, 0.05) is 18.0 Å². The van der Waals surface area contributed by atoms with Gasteiger partial charge in [-0.15, -0.1) is 0 Å². The summed E-state index contributed by atoms with van der Waals surface area (Å²) in [5.41, 5.74) is 4.82. The van der Waals surface area contributed by atoms with E-state index in [2.05, 4.69) is 10.3 Å². The van der Waals surface area contributed by atoms with E-state index in [4.69, 9.17) is 10.2 Å². The van der Waals surface area contributed by atoms with Crippen LogP contribution >= 0.6 is 0 Å². The minimum Gasteiger partial charge on any atom is -0.423 e. The number of non-ortho nitro benzene ring substituents is 1. The second kappa shape index (κ2) is 4.80. The molecule has 0 saturated heterocycles. The van der Waals surface area contributed by atoms with Crippen LogP contribution in [0.2, 0.25) is 0 Å². The molecule has 8 nitrogen and oxygen atoms in total. The molecule has 3 N–H and O–H groups in total. The van der Waals surface area contributed by atoms with Crippen molar-refractivity contribution in [1.29, 1.82) is 0 Å². The van der Waals surface area contributed by atoms with Gasteiger partial charge in [0.15, 0.2) is 11.1 Å². The Morgan fingerprint density at radius 3 is 2.85 bits per heavy atom. The number of benzene rings is 1. The normalized spacial score (nSPS) is 11.5. The highest BCUT2D eigenvalue weighted by molar-refractivity contribution is 5.84. The number of fused-ring (bicyclic) bond motifs is 1. The molecule has 20 heavy (non-hydrogen) atoms. The molecule has 0 aliphatic carbocycles. The molecule has 8 heteroatoms. The maximum absolute atomic E-state index is 11.0. The number of nitrogens with two attached hydrogens (primary N) is 1. The molecule has 0 radical (unpaired) electrons. The van der Waals surface area contributed by atoms with Gasteiger partial charge in [-0.25, -0.2) is 0 Å². The Morgan fingerprint density at radius 2 is 2.25 bits per heavy atom. The Labute approximate surface area is 114 Å². The molecule has 0 unspecified atom stereocenters. The Balaban J connectivity index is 2.35. The molecule has 0 spiro atoms. The monoisotopic (exact) mass is 278 g/mol. The molecule has 106 valence electrons. The maximum atomic E-state index is 11.0. The van der Waals surface area contributed by atoms with E-state index in [1.165, 1.54) is 12.1 Å². The number of nitrogens with zero attached hydrogens (tertiary/aromatic N) is 2. The summed E-state index contributed by atoms with van der Waals surface area (Å²) in [6.07, 6.45) is 0.0772. The van der Waals surface area contributed by atoms with Crippen LogP contribution in [0.25, 0.3) is 11.1 Å². The van der Waals surface area contributed by atoms with Gasteiger partial charge in [0.1, 0.15) is 0 Å². The molecule has 1 heterocycles. The van der Waals surface area contributed by atoms with E-state index < -0.39 is 16.4 Å². The highest BCUT2D eigenvalue weighted by Crippen LogP contribution is 2.28. The zero-order chi connectivity index (χ0) is 14.9. The number of oxazole rings is 1. The number of carbonyl (C=O) groups is 1. The number of primary amides is 1. The minimum atomic E-state index is -0.665. The number of carbonyl (C=O) groups excluding carboxylic acids is 1. The van der Waals surface area contributed by atoms with Gasteiger partial charge in [-0.05, 0) is 19.9 Å². The number of anilines is 1. The lowest BCUT2D eigenvalue weighted by atomic mass is 10.0. The number of hydrogen-bond donors (Lipinski definition) is 2. The fourth-order valence-corrected chi connectivity index (χ4v) is 1.90. The summed E-state index contributed by atoms with van der Waals surface area (Å²) < 4.78 is 5.40. The van der Waals surface area contributed by atoms with Crippen LogP contribution in [-0.4, -0.2) is 21.4 Å². The molecule has 1 aromatic heterocycles. The highest BCUT2D eigenvalue weighted by Gasteiger charge is 2.24. The van der Waals surface area contributed by atoms with Crippen LogP contribution in [0.1, 0.15) is 20.3 Å². The number of amides is 1. The fourth-order valence-electron chi connectivity index (χ4n) is 1.90. The molecule has 0 aliphatic heterocycles. The SMILES string of the molecule is CC(C)(CC(N)=O)Nc1nc2c([N+](=O)[O-])cccc2o1. The first-order chi connectivity index (χ1) is 9.28. The summed E-state index contributed by atoms with van der Waals surface area (Å²) in [4.78, 5) is 25.4. The Hall–Kier alpha value is -2.64. The Bertz CT molecular complexity index is 677. The summed E-state index contributed by atoms with van der Waals surface area (Å²) in [6, 6.07) is 4.56. The standard InChI is InChI=1S/C12H14N4O4/c1-12(2,6-9(13)17)15-11-14-10-7(16(18)19)4-3-5-8(10)20-11/h3-5H,6H2,1-2H3,(H2,13,17)(H,14,15). The zero-order valence-electron chi connectivity index (χ0n) is 11.0. The topological polar surface area (TPSA) is 124 Å². The second-order valence-electron chi connectivity index (χ2n) is 5.05. The van der Waals surface area contributed by atoms with Crippen LogP contribution in [0.3, 0.4) is 0 Å². The van der Waals surface area contributed by atoms with E-state index in [1.54, 1.807) is 19.9 Å². The predicted molar refractivity (Wildman–Crippen MR) is 72.2 cm³/mol. The van der Waals surface area contributed by atoms with Crippen molar-refractivity contribution in [3.63, 3.8) is 0 Å². The molecule has 0 fully saturated rings. The van der Waals surface area contributed by atoms with E-state index in [0.717, 1.165) is 0 Å². The van der Waals surface area contributed by atoms with Gasteiger partial charge < -0.3 is 15.5 Å². The van der Waals surface area contributed by atoms with Crippen molar-refractivity contribution in [1.82, 2.24) is 4.98 Å². The molecule has 2 aromatic rings. The number of rotatable bonds is 5. The van der Waals surface area contributed by atoms with Crippen LogP contribution in [0.15, 0.2) is 22.6 Å². The van der Waals surface area contributed by atoms with Crippen molar-refractivity contribution in [2.75, 3.05) is 5.32 Å². The first-order valence-electron chi connectivity index (χ1n) is 5.89. The van der Waals surface area contributed by atoms with E-state index >= 15 is 0 Å². The Kier molecular flexibility index (Phi) is 3.31. The van der Waals surface area contributed by atoms with Crippen molar-refractivity contribution in [3.05, 3.63) is 28.3 Å². The number of para-hydroxylation sites is 1. The predicted octanol–water partition coefficient (Wildman–Crippen LogP) is 1.80. The first-order valence-corrected chi connectivity index (χ1v) is 5.89. The minimum absolute atomic E-state index is 0.0772. The third-order valence-electron chi connectivity index (χ3n) is 2.66. The van der Waals surface area contributed by atoms with Gasteiger partial charge in [0.05, 0.1) is 4.92 Å². The molecule has 1 amide bonds. The lowest BCUT2D eigenvalue weighted by Crippen LogP contribution is -2.36. The zero-order valence-corrected chi connectivity index (χ0v) is 11.0. The van der Waals surface area contributed by atoms with Crippen molar-refractivity contribution in [2.24, 2.45) is 5.73 Å². The molecule has 0 bridgehead atoms. The van der Waals surface area contributed by atoms with Crippen molar-refractivity contribution in [2.45, 2.75) is 25.8 Å². The van der Waals surface area contributed by atoms with E-state index in [-0.39, 0.29) is 23.6 Å². The molecule has 0 aliphatic rings. The summed E-state index contributed by atoms with van der Waals surface area (Å²) >= 11 is 0. The summed E-state index contributed by atoms with van der Waals surface area (Å²) in [7, 11) is 0. The van der Waals surface area contributed by atoms with Crippen molar-refractivity contribution >= 4 is 28.7 Å². The highest BCUT2D eigenvalue weighted by atomic mass is 16.6. The summed E-state index contributed by atoms with van der Waals surface area (Å²) in [6.45, 7) is 3.50. The van der Waals surface area contributed by atoms with Crippen molar-refractivity contribution < 1.29 is 14.1 Å². The third-order valence-corrected chi connectivity index (χ3v) is 2.66. The van der Waals surface area contributed by atoms with Crippen LogP contribution in [-0.2, 0) is 4.79 Å². The van der Waals surface area contributed by atoms with Gasteiger partial charge >= 0.3 is 0 Å². The van der Waals surface area contributed by atoms with Crippen LogP contribution in [0.5, 0.6) is 0 Å². The van der Waals surface area contributed by atoms with E-state index in [1.807, 2.05) is 0 Å². The first kappa shape index (κ1) is 13.8. The number of nitro groups is 1. The molecule has 0 saturated carbocycles. The number of nitro benzene ring substituents is 1. The van der Waals surface area contributed by atoms with Gasteiger partial charge in [0.2, 0.25) is 5.91 Å². The number of hydrogen-bond acceptors (Lipinski definition) is 6. The van der Waals surface area contributed by atoms with Crippen LogP contribution < -0.4 is 11.1 Å². The van der Waals surface area contributed by atoms with Crippen molar-refractivity contribution in [3.8, 4) is 0 Å². The van der Waals surface area contributed by atoms with Gasteiger partial charge in [-0.2, -0.15) is 4.98 Å². The van der Waals surface area contributed by atoms with Crippen LogP contribution in [0.4, 0.5) is 11.7 Å². The van der Waals surface area contributed by atoms with Gasteiger partial charge in [0.25, 0.3) is 11.7 Å².